The molecule has 2 aromatic heterocycles. The zero-order valence-electron chi connectivity index (χ0n) is 18.1. The molecule has 1 N–H and O–H groups in total. The first kappa shape index (κ1) is 20.4. The molecule has 2 aliphatic heterocycles. The number of amides is 1. The van der Waals surface area contributed by atoms with Crippen LogP contribution in [-0.4, -0.2) is 35.5 Å². The van der Waals surface area contributed by atoms with E-state index in [9.17, 15) is 9.18 Å². The zero-order chi connectivity index (χ0) is 22.1. The number of nitrogens with one attached hydrogen (secondary N) is 1. The Morgan fingerprint density at radius 2 is 1.91 bits per heavy atom. The lowest BCUT2D eigenvalue weighted by atomic mass is 10.1. The van der Waals surface area contributed by atoms with Crippen molar-refractivity contribution in [2.75, 3.05) is 34.8 Å². The molecule has 1 aromatic carbocycles. The van der Waals surface area contributed by atoms with Crippen LogP contribution in [0.1, 0.15) is 40.0 Å². The minimum atomic E-state index is -0.428. The normalized spacial score (nSPS) is 15.6. The summed E-state index contributed by atoms with van der Waals surface area (Å²) in [6.45, 7) is 5.43. The number of pyridine rings is 2. The molecule has 32 heavy (non-hydrogen) atoms. The Labute approximate surface area is 187 Å². The van der Waals surface area contributed by atoms with Gasteiger partial charge in [-0.05, 0) is 61.2 Å². The SMILES string of the molecule is Cc1cc(N2CCc3ncccc3C2)nc(N2CCCC2)c1NC(=O)c1cccc(F)c1. The van der Waals surface area contributed by atoms with Crippen LogP contribution in [0.25, 0.3) is 0 Å². The summed E-state index contributed by atoms with van der Waals surface area (Å²) in [5, 5.41) is 3.01. The maximum absolute atomic E-state index is 13.6. The van der Waals surface area contributed by atoms with Crippen LogP contribution in [0.4, 0.5) is 21.7 Å². The molecule has 0 spiro atoms. The summed E-state index contributed by atoms with van der Waals surface area (Å²) >= 11 is 0. The molecule has 0 aliphatic carbocycles. The third-order valence-corrected chi connectivity index (χ3v) is 6.20. The van der Waals surface area contributed by atoms with Gasteiger partial charge in [0.25, 0.3) is 5.91 Å². The number of benzene rings is 1. The zero-order valence-corrected chi connectivity index (χ0v) is 18.1. The fourth-order valence-electron chi connectivity index (χ4n) is 4.49. The van der Waals surface area contributed by atoms with Gasteiger partial charge in [0.2, 0.25) is 0 Å². The van der Waals surface area contributed by atoms with E-state index in [2.05, 4.69) is 26.2 Å². The first-order valence-corrected chi connectivity index (χ1v) is 11.1. The van der Waals surface area contributed by atoms with Crippen LogP contribution in [0.15, 0.2) is 48.7 Å². The van der Waals surface area contributed by atoms with E-state index in [0.717, 1.165) is 68.3 Å². The van der Waals surface area contributed by atoms with Gasteiger partial charge >= 0.3 is 0 Å². The van der Waals surface area contributed by atoms with E-state index in [-0.39, 0.29) is 5.91 Å². The number of fused-ring (bicyclic) bond motifs is 1. The van der Waals surface area contributed by atoms with E-state index in [1.807, 2.05) is 25.3 Å². The molecule has 0 radical (unpaired) electrons. The fourth-order valence-corrected chi connectivity index (χ4v) is 4.49. The van der Waals surface area contributed by atoms with Gasteiger partial charge in [0.15, 0.2) is 5.82 Å². The largest absolute Gasteiger partial charge is 0.355 e. The van der Waals surface area contributed by atoms with Gasteiger partial charge in [-0.25, -0.2) is 9.37 Å². The number of carbonyl (C=O) groups is 1. The summed E-state index contributed by atoms with van der Waals surface area (Å²) in [4.78, 5) is 26.9. The van der Waals surface area contributed by atoms with E-state index in [1.54, 1.807) is 12.1 Å². The Kier molecular flexibility index (Phi) is 5.47. The molecule has 0 unspecified atom stereocenters. The Bertz CT molecular complexity index is 1160. The highest BCUT2D eigenvalue weighted by Crippen LogP contribution is 2.34. The third-order valence-electron chi connectivity index (χ3n) is 6.20. The number of halogens is 1. The molecule has 3 aromatic rings. The molecular formula is C25H26FN5O. The van der Waals surface area contributed by atoms with E-state index in [4.69, 9.17) is 4.98 Å². The van der Waals surface area contributed by atoms with Gasteiger partial charge in [-0.1, -0.05) is 12.1 Å². The van der Waals surface area contributed by atoms with Gasteiger partial charge in [0.05, 0.1) is 5.69 Å². The predicted octanol–water partition coefficient (Wildman–Crippen LogP) is 4.34. The van der Waals surface area contributed by atoms with E-state index in [1.165, 1.54) is 17.7 Å². The second-order valence-electron chi connectivity index (χ2n) is 8.44. The van der Waals surface area contributed by atoms with Gasteiger partial charge < -0.3 is 15.1 Å². The summed E-state index contributed by atoms with van der Waals surface area (Å²) in [5.74, 6) is 0.935. The number of hydrogen-bond acceptors (Lipinski definition) is 5. The maximum atomic E-state index is 13.6. The lowest BCUT2D eigenvalue weighted by Crippen LogP contribution is -2.32. The summed E-state index contributed by atoms with van der Waals surface area (Å²) in [6.07, 6.45) is 4.93. The highest BCUT2D eigenvalue weighted by molar-refractivity contribution is 6.06. The third kappa shape index (κ3) is 4.02. The van der Waals surface area contributed by atoms with Crippen molar-refractivity contribution in [1.82, 2.24) is 9.97 Å². The number of nitrogens with zero attached hydrogens (tertiary/aromatic N) is 4. The maximum Gasteiger partial charge on any atom is 0.255 e. The Morgan fingerprint density at radius 1 is 1.06 bits per heavy atom. The molecule has 6 nitrogen and oxygen atoms in total. The minimum absolute atomic E-state index is 0.293. The van der Waals surface area contributed by atoms with Crippen molar-refractivity contribution >= 4 is 23.2 Å². The van der Waals surface area contributed by atoms with Crippen molar-refractivity contribution < 1.29 is 9.18 Å². The van der Waals surface area contributed by atoms with Gasteiger partial charge in [0.1, 0.15) is 11.6 Å². The van der Waals surface area contributed by atoms with Crippen LogP contribution in [-0.2, 0) is 13.0 Å². The van der Waals surface area contributed by atoms with Crippen molar-refractivity contribution in [3.8, 4) is 0 Å². The molecule has 7 heteroatoms. The highest BCUT2D eigenvalue weighted by atomic mass is 19.1. The summed E-state index contributed by atoms with van der Waals surface area (Å²) < 4.78 is 13.6. The Balaban J connectivity index is 1.48. The minimum Gasteiger partial charge on any atom is -0.355 e. The molecule has 1 amide bonds. The van der Waals surface area contributed by atoms with Crippen molar-refractivity contribution in [3.63, 3.8) is 0 Å². The van der Waals surface area contributed by atoms with Gasteiger partial charge in [-0.15, -0.1) is 0 Å². The lowest BCUT2D eigenvalue weighted by molar-refractivity contribution is 0.102. The van der Waals surface area contributed by atoms with Gasteiger partial charge in [0, 0.05) is 50.1 Å². The number of aryl methyl sites for hydroxylation is 1. The van der Waals surface area contributed by atoms with Crippen LogP contribution in [0.2, 0.25) is 0 Å². The molecule has 4 heterocycles. The number of carbonyl (C=O) groups excluding carboxylic acids is 1. The summed E-state index contributed by atoms with van der Waals surface area (Å²) in [6, 6.07) is 11.9. The highest BCUT2D eigenvalue weighted by Gasteiger charge is 2.25. The molecule has 1 fully saturated rings. The van der Waals surface area contributed by atoms with Crippen LogP contribution in [0.3, 0.4) is 0 Å². The van der Waals surface area contributed by atoms with Gasteiger partial charge in [-0.3, -0.25) is 9.78 Å². The summed E-state index contributed by atoms with van der Waals surface area (Å²) in [5.41, 5.74) is 4.31. The molecule has 0 atom stereocenters. The quantitative estimate of drug-likeness (QED) is 0.666. The fraction of sp³-hybridized carbons (Fsp3) is 0.320. The molecular weight excluding hydrogens is 405 g/mol. The van der Waals surface area contributed by atoms with E-state index < -0.39 is 5.82 Å². The number of rotatable bonds is 4. The molecule has 0 saturated carbocycles. The molecule has 164 valence electrons. The van der Waals surface area contributed by atoms with Crippen molar-refractivity contribution in [2.45, 2.75) is 32.7 Å². The number of aromatic nitrogens is 2. The van der Waals surface area contributed by atoms with E-state index in [0.29, 0.717) is 11.3 Å². The average Bonchev–Trinajstić information content (AvgIpc) is 3.34. The van der Waals surface area contributed by atoms with Crippen LogP contribution < -0.4 is 15.1 Å². The first-order chi connectivity index (χ1) is 15.6. The van der Waals surface area contributed by atoms with Crippen molar-refractivity contribution in [3.05, 3.63) is 76.9 Å². The molecule has 2 aliphatic rings. The smallest absolute Gasteiger partial charge is 0.255 e. The molecule has 5 rings (SSSR count). The second kappa shape index (κ2) is 8.57. The van der Waals surface area contributed by atoms with Crippen molar-refractivity contribution in [2.24, 2.45) is 0 Å². The lowest BCUT2D eigenvalue weighted by Gasteiger charge is -2.31. The Hall–Kier alpha value is -3.48. The molecule has 0 bridgehead atoms. The van der Waals surface area contributed by atoms with Crippen LogP contribution in [0.5, 0.6) is 0 Å². The van der Waals surface area contributed by atoms with Crippen LogP contribution >= 0.6 is 0 Å². The van der Waals surface area contributed by atoms with Crippen LogP contribution in [0, 0.1) is 12.7 Å². The molecule has 1 saturated heterocycles. The number of anilines is 3. The van der Waals surface area contributed by atoms with E-state index >= 15 is 0 Å². The van der Waals surface area contributed by atoms with Crippen molar-refractivity contribution in [1.29, 1.82) is 0 Å². The predicted molar refractivity (Wildman–Crippen MR) is 124 cm³/mol. The first-order valence-electron chi connectivity index (χ1n) is 11.1. The summed E-state index contributed by atoms with van der Waals surface area (Å²) in [7, 11) is 0. The second-order valence-corrected chi connectivity index (χ2v) is 8.44. The standard InChI is InChI=1S/C25H26FN5O/c1-17-14-22(31-13-9-21-19(16-31)7-5-10-27-21)28-24(30-11-2-3-12-30)23(17)29-25(32)18-6-4-8-20(26)15-18/h4-8,10,14-15H,2-3,9,11-13,16H2,1H3,(H,29,32). The number of hydrogen-bond donors (Lipinski definition) is 1. The van der Waals surface area contributed by atoms with Gasteiger partial charge in [-0.2, -0.15) is 0 Å². The Morgan fingerprint density at radius 3 is 2.72 bits per heavy atom. The average molecular weight is 432 g/mol. The monoisotopic (exact) mass is 431 g/mol. The topological polar surface area (TPSA) is 61.4 Å².